The Morgan fingerprint density at radius 2 is 1.71 bits per heavy atom. The Balaban J connectivity index is 1.70. The molecule has 0 radical (unpaired) electrons. The van der Waals surface area contributed by atoms with E-state index in [1.807, 2.05) is 0 Å². The quantitative estimate of drug-likeness (QED) is 0.411. The van der Waals surface area contributed by atoms with Crippen LogP contribution in [0.2, 0.25) is 0 Å². The fourth-order valence-electron chi connectivity index (χ4n) is 5.58. The molecular weight excluding hydrogens is 464 g/mol. The number of fused-ring (bicyclic) bond motifs is 3. The molecule has 10 heteroatoms. The van der Waals surface area contributed by atoms with Crippen LogP contribution in [0.1, 0.15) is 28.8 Å². The third kappa shape index (κ3) is 3.02. The molecule has 0 unspecified atom stereocenters. The standard InChI is InChI=1S/C25H19F2NO7/c26-11-1-2-13(15(27)8-11)12-3-4-16(29)19-14(12)6-9-5-10-7-17(30)20(24(28)34)23(33)25(10,35)22(32)18(9)21(19)31/h1-4,8-10,29-30,32,35H,5-7H2,(H2,28,34)/t9-,10+,25+/m1/s1. The number of hydrogen-bond donors (Lipinski definition) is 5. The molecule has 0 spiro atoms. The lowest BCUT2D eigenvalue weighted by molar-refractivity contribution is -0.144. The summed E-state index contributed by atoms with van der Waals surface area (Å²) >= 11 is 0. The summed E-state index contributed by atoms with van der Waals surface area (Å²) in [6.07, 6.45) is -0.395. The Morgan fingerprint density at radius 1 is 1.03 bits per heavy atom. The number of primary amides is 1. The van der Waals surface area contributed by atoms with Gasteiger partial charge in [0.2, 0.25) is 5.78 Å². The number of amides is 1. The number of aromatic hydroxyl groups is 1. The van der Waals surface area contributed by atoms with Gasteiger partial charge in [0.25, 0.3) is 5.91 Å². The number of aliphatic hydroxyl groups excluding tert-OH is 2. The molecule has 0 saturated carbocycles. The van der Waals surface area contributed by atoms with E-state index < -0.39 is 69.4 Å². The predicted molar refractivity (Wildman–Crippen MR) is 116 cm³/mol. The van der Waals surface area contributed by atoms with E-state index in [0.717, 1.165) is 12.1 Å². The average Bonchev–Trinajstić information content (AvgIpc) is 2.77. The second-order valence-corrected chi connectivity index (χ2v) is 9.02. The molecule has 2 aromatic carbocycles. The molecule has 3 aliphatic rings. The number of phenolic OH excluding ortho intramolecular Hbond substituents is 1. The number of allylic oxidation sites excluding steroid dienone is 2. The molecule has 8 nitrogen and oxygen atoms in total. The third-order valence-corrected chi connectivity index (χ3v) is 7.17. The van der Waals surface area contributed by atoms with Gasteiger partial charge in [-0.05, 0) is 48.1 Å². The van der Waals surface area contributed by atoms with Crippen LogP contribution in [0, 0.1) is 23.5 Å². The fourth-order valence-corrected chi connectivity index (χ4v) is 5.58. The van der Waals surface area contributed by atoms with Crippen LogP contribution in [0.25, 0.3) is 11.1 Å². The van der Waals surface area contributed by atoms with E-state index >= 15 is 0 Å². The predicted octanol–water partition coefficient (Wildman–Crippen LogP) is 2.53. The minimum atomic E-state index is -2.66. The van der Waals surface area contributed by atoms with Crippen molar-refractivity contribution in [1.82, 2.24) is 0 Å². The molecule has 1 amide bonds. The van der Waals surface area contributed by atoms with Crippen molar-refractivity contribution < 1.29 is 43.6 Å². The number of ketones is 2. The maximum atomic E-state index is 14.6. The number of aliphatic hydroxyl groups is 3. The summed E-state index contributed by atoms with van der Waals surface area (Å²) in [5, 5.41) is 42.9. The summed E-state index contributed by atoms with van der Waals surface area (Å²) in [5.74, 6) is -9.04. The average molecular weight is 483 g/mol. The number of carbonyl (C=O) groups is 3. The van der Waals surface area contributed by atoms with Crippen LogP contribution < -0.4 is 5.73 Å². The molecule has 0 aliphatic heterocycles. The largest absolute Gasteiger partial charge is 0.511 e. The molecule has 180 valence electrons. The van der Waals surface area contributed by atoms with Gasteiger partial charge in [0.1, 0.15) is 34.5 Å². The monoisotopic (exact) mass is 483 g/mol. The van der Waals surface area contributed by atoms with Crippen molar-refractivity contribution >= 4 is 17.5 Å². The smallest absolute Gasteiger partial charge is 0.255 e. The van der Waals surface area contributed by atoms with Crippen LogP contribution >= 0.6 is 0 Å². The zero-order chi connectivity index (χ0) is 25.4. The number of rotatable bonds is 2. The van der Waals surface area contributed by atoms with Gasteiger partial charge >= 0.3 is 0 Å². The SMILES string of the molecule is NC(=O)C1=C(O)C[C@@H]2C[C@@H]3Cc4c(-c5ccc(F)cc5F)ccc(O)c4C(=O)C3=C(O)[C@]2(O)C1=O. The number of nitrogens with two attached hydrogens (primary N) is 1. The van der Waals surface area contributed by atoms with Gasteiger partial charge in [0.05, 0.1) is 5.56 Å². The maximum Gasteiger partial charge on any atom is 0.255 e. The van der Waals surface area contributed by atoms with E-state index in [-0.39, 0.29) is 47.1 Å². The minimum Gasteiger partial charge on any atom is -0.511 e. The second-order valence-electron chi connectivity index (χ2n) is 9.02. The molecule has 3 aliphatic carbocycles. The van der Waals surface area contributed by atoms with Gasteiger partial charge in [0, 0.05) is 29.5 Å². The van der Waals surface area contributed by atoms with Crippen LogP contribution in [-0.2, 0) is 16.0 Å². The third-order valence-electron chi connectivity index (χ3n) is 7.17. The van der Waals surface area contributed by atoms with Crippen LogP contribution in [0.3, 0.4) is 0 Å². The Morgan fingerprint density at radius 3 is 2.37 bits per heavy atom. The van der Waals surface area contributed by atoms with Crippen molar-refractivity contribution in [1.29, 1.82) is 0 Å². The lowest BCUT2D eigenvalue weighted by Gasteiger charge is -2.45. The van der Waals surface area contributed by atoms with Gasteiger partial charge < -0.3 is 26.2 Å². The van der Waals surface area contributed by atoms with E-state index in [9.17, 15) is 43.6 Å². The molecule has 0 fully saturated rings. The van der Waals surface area contributed by atoms with Crippen LogP contribution in [0.4, 0.5) is 8.78 Å². The zero-order valence-corrected chi connectivity index (χ0v) is 18.0. The van der Waals surface area contributed by atoms with E-state index in [1.165, 1.54) is 12.1 Å². The lowest BCUT2D eigenvalue weighted by atomic mass is 9.60. The normalized spacial score (nSPS) is 25.8. The number of phenols is 1. The van der Waals surface area contributed by atoms with Crippen molar-refractivity contribution in [3.8, 4) is 16.9 Å². The van der Waals surface area contributed by atoms with Crippen LogP contribution in [-0.4, -0.2) is 43.5 Å². The summed E-state index contributed by atoms with van der Waals surface area (Å²) < 4.78 is 28.0. The van der Waals surface area contributed by atoms with Crippen LogP contribution in [0.15, 0.2) is 53.0 Å². The Hall–Kier alpha value is -4.05. The van der Waals surface area contributed by atoms with Crippen molar-refractivity contribution in [3.05, 3.63) is 75.8 Å². The molecule has 0 saturated heterocycles. The summed E-state index contributed by atoms with van der Waals surface area (Å²) in [5.41, 5.74) is 1.58. The first-order valence-corrected chi connectivity index (χ1v) is 10.7. The first-order valence-electron chi connectivity index (χ1n) is 10.7. The highest BCUT2D eigenvalue weighted by molar-refractivity contribution is 6.24. The van der Waals surface area contributed by atoms with E-state index in [4.69, 9.17) is 5.73 Å². The Labute approximate surface area is 196 Å². The Bertz CT molecular complexity index is 1430. The number of Topliss-reactive ketones (excluding diaryl/α,β-unsaturated/α-hetero) is 2. The summed E-state index contributed by atoms with van der Waals surface area (Å²) in [4.78, 5) is 38.1. The molecule has 6 N–H and O–H groups in total. The summed E-state index contributed by atoms with van der Waals surface area (Å²) in [6.45, 7) is 0. The number of halogens is 2. The zero-order valence-electron chi connectivity index (χ0n) is 18.0. The van der Waals surface area contributed by atoms with Crippen molar-refractivity contribution in [2.24, 2.45) is 17.6 Å². The molecule has 0 aromatic heterocycles. The molecule has 0 bridgehead atoms. The number of carbonyl (C=O) groups excluding carboxylic acids is 3. The number of hydrogen-bond acceptors (Lipinski definition) is 7. The molecule has 5 rings (SSSR count). The Kier molecular flexibility index (Phi) is 4.85. The van der Waals surface area contributed by atoms with Gasteiger partial charge in [-0.15, -0.1) is 0 Å². The van der Waals surface area contributed by atoms with E-state index in [1.54, 1.807) is 0 Å². The molecule has 0 heterocycles. The molecule has 2 aromatic rings. The first kappa shape index (κ1) is 22.7. The highest BCUT2D eigenvalue weighted by atomic mass is 19.1. The minimum absolute atomic E-state index is 0.000983. The first-order chi connectivity index (χ1) is 16.5. The van der Waals surface area contributed by atoms with Crippen LogP contribution in [0.5, 0.6) is 5.75 Å². The van der Waals surface area contributed by atoms with Gasteiger partial charge in [0.15, 0.2) is 11.4 Å². The summed E-state index contributed by atoms with van der Waals surface area (Å²) in [7, 11) is 0. The molecular formula is C25H19F2NO7. The van der Waals surface area contributed by atoms with Gasteiger partial charge in [-0.2, -0.15) is 0 Å². The van der Waals surface area contributed by atoms with Gasteiger partial charge in [-0.1, -0.05) is 6.07 Å². The van der Waals surface area contributed by atoms with Crippen molar-refractivity contribution in [2.45, 2.75) is 24.9 Å². The van der Waals surface area contributed by atoms with E-state index in [0.29, 0.717) is 6.07 Å². The van der Waals surface area contributed by atoms with Gasteiger partial charge in [-0.3, -0.25) is 14.4 Å². The maximum absolute atomic E-state index is 14.6. The molecule has 3 atom stereocenters. The highest BCUT2D eigenvalue weighted by Crippen LogP contribution is 2.52. The molecule has 35 heavy (non-hydrogen) atoms. The van der Waals surface area contributed by atoms with Gasteiger partial charge in [-0.25, -0.2) is 8.78 Å². The van der Waals surface area contributed by atoms with E-state index in [2.05, 4.69) is 0 Å². The van der Waals surface area contributed by atoms with Crippen molar-refractivity contribution in [2.75, 3.05) is 0 Å². The second kappa shape index (κ2) is 7.47. The number of benzene rings is 2. The van der Waals surface area contributed by atoms with Crippen molar-refractivity contribution in [3.63, 3.8) is 0 Å². The lowest BCUT2D eigenvalue weighted by Crippen LogP contribution is -2.57. The summed E-state index contributed by atoms with van der Waals surface area (Å²) in [6, 6.07) is 5.50. The fraction of sp³-hybridized carbons (Fsp3) is 0.240. The highest BCUT2D eigenvalue weighted by Gasteiger charge is 2.59. The topological polar surface area (TPSA) is 158 Å².